The Labute approximate surface area is 150 Å². The van der Waals surface area contributed by atoms with Crippen molar-refractivity contribution in [3.05, 3.63) is 29.8 Å². The zero-order chi connectivity index (χ0) is 17.0. The minimum absolute atomic E-state index is 0. The van der Waals surface area contributed by atoms with Crippen LogP contribution in [0.2, 0.25) is 0 Å². The lowest BCUT2D eigenvalue weighted by Gasteiger charge is -2.33. The van der Waals surface area contributed by atoms with Gasteiger partial charge in [0, 0.05) is 12.2 Å². The third-order valence-electron chi connectivity index (χ3n) is 4.66. The molecule has 0 aliphatic carbocycles. The van der Waals surface area contributed by atoms with E-state index < -0.39 is 12.1 Å². The van der Waals surface area contributed by atoms with Crippen molar-refractivity contribution < 1.29 is 9.59 Å². The lowest BCUT2D eigenvalue weighted by Crippen LogP contribution is -2.56. The first-order valence-electron chi connectivity index (χ1n) is 8.38. The molecule has 0 spiro atoms. The number of carbonyl (C=O) groups is 2. The number of carbonyl (C=O) groups excluding carboxylic acids is 2. The Morgan fingerprint density at radius 1 is 1.38 bits per heavy atom. The number of nitrogens with two attached hydrogens (primary N) is 1. The van der Waals surface area contributed by atoms with E-state index in [1.54, 1.807) is 4.90 Å². The molecular weight excluding hydrogens is 326 g/mol. The predicted octanol–water partition coefficient (Wildman–Crippen LogP) is 2.40. The van der Waals surface area contributed by atoms with Gasteiger partial charge in [-0.2, -0.15) is 0 Å². The predicted molar refractivity (Wildman–Crippen MR) is 99.4 cm³/mol. The summed E-state index contributed by atoms with van der Waals surface area (Å²) in [6.07, 6.45) is 2.37. The van der Waals surface area contributed by atoms with Crippen molar-refractivity contribution >= 4 is 29.9 Å². The molecule has 0 saturated carbocycles. The number of benzene rings is 1. The zero-order valence-corrected chi connectivity index (χ0v) is 15.4. The van der Waals surface area contributed by atoms with Crippen LogP contribution in [-0.2, 0) is 9.59 Å². The van der Waals surface area contributed by atoms with Gasteiger partial charge in [0.15, 0.2) is 0 Å². The zero-order valence-electron chi connectivity index (χ0n) is 14.6. The van der Waals surface area contributed by atoms with Crippen LogP contribution in [0.4, 0.5) is 5.69 Å². The van der Waals surface area contributed by atoms with Gasteiger partial charge < -0.3 is 16.0 Å². The summed E-state index contributed by atoms with van der Waals surface area (Å²) in [7, 11) is 0. The molecule has 1 aliphatic rings. The molecule has 5 nitrogen and oxygen atoms in total. The molecule has 1 aliphatic heterocycles. The molecule has 3 unspecified atom stereocenters. The molecular formula is C18H28ClN3O2. The highest BCUT2D eigenvalue weighted by atomic mass is 35.5. The maximum Gasteiger partial charge on any atom is 0.249 e. The number of nitrogens with zero attached hydrogens (tertiary/aromatic N) is 1. The number of hydrogen-bond acceptors (Lipinski definition) is 3. The number of amides is 2. The fourth-order valence-electron chi connectivity index (χ4n) is 2.77. The standard InChI is InChI=1S/C18H27N3O2.ClH/c1-4-13(3)16(19)17(22)20-15-6-5-11-21(18(15)23)14-9-7-12(2)8-10-14;/h7-10,13,15-16H,4-6,11,19H2,1-3H3,(H,20,22);1H. The third kappa shape index (κ3) is 4.71. The molecule has 134 valence electrons. The van der Waals surface area contributed by atoms with Crippen molar-refractivity contribution in [2.45, 2.75) is 52.1 Å². The van der Waals surface area contributed by atoms with Gasteiger partial charge in [-0.25, -0.2) is 0 Å². The highest BCUT2D eigenvalue weighted by Gasteiger charge is 2.32. The van der Waals surface area contributed by atoms with Crippen LogP contribution in [0.1, 0.15) is 38.7 Å². The van der Waals surface area contributed by atoms with Crippen LogP contribution in [0, 0.1) is 12.8 Å². The Morgan fingerprint density at radius 2 is 2.00 bits per heavy atom. The average Bonchev–Trinajstić information content (AvgIpc) is 2.56. The van der Waals surface area contributed by atoms with E-state index in [9.17, 15) is 9.59 Å². The molecule has 2 amide bonds. The van der Waals surface area contributed by atoms with Gasteiger partial charge in [-0.1, -0.05) is 38.0 Å². The van der Waals surface area contributed by atoms with Crippen molar-refractivity contribution in [2.75, 3.05) is 11.4 Å². The van der Waals surface area contributed by atoms with Crippen LogP contribution in [0.5, 0.6) is 0 Å². The summed E-state index contributed by atoms with van der Waals surface area (Å²) < 4.78 is 0. The second-order valence-corrected chi connectivity index (χ2v) is 6.44. The van der Waals surface area contributed by atoms with Crippen molar-refractivity contribution in [2.24, 2.45) is 11.7 Å². The molecule has 6 heteroatoms. The number of nitrogens with one attached hydrogen (secondary N) is 1. The van der Waals surface area contributed by atoms with E-state index in [-0.39, 0.29) is 30.1 Å². The van der Waals surface area contributed by atoms with Gasteiger partial charge in [0.1, 0.15) is 6.04 Å². The molecule has 1 aromatic carbocycles. The molecule has 1 fully saturated rings. The lowest BCUT2D eigenvalue weighted by atomic mass is 9.98. The van der Waals surface area contributed by atoms with Crippen LogP contribution in [0.25, 0.3) is 0 Å². The molecule has 3 N–H and O–H groups in total. The van der Waals surface area contributed by atoms with E-state index >= 15 is 0 Å². The number of rotatable bonds is 5. The van der Waals surface area contributed by atoms with Gasteiger partial charge >= 0.3 is 0 Å². The van der Waals surface area contributed by atoms with Gasteiger partial charge in [0.05, 0.1) is 6.04 Å². The molecule has 24 heavy (non-hydrogen) atoms. The SMILES string of the molecule is CCC(C)C(N)C(=O)NC1CCCN(c2ccc(C)cc2)C1=O.Cl. The van der Waals surface area contributed by atoms with Crippen molar-refractivity contribution in [3.8, 4) is 0 Å². The van der Waals surface area contributed by atoms with Crippen LogP contribution in [0.15, 0.2) is 24.3 Å². The van der Waals surface area contributed by atoms with Gasteiger partial charge in [0.2, 0.25) is 11.8 Å². The van der Waals surface area contributed by atoms with Crippen LogP contribution < -0.4 is 16.0 Å². The first-order chi connectivity index (χ1) is 10.9. The van der Waals surface area contributed by atoms with Crippen LogP contribution in [-0.4, -0.2) is 30.4 Å². The Hall–Kier alpha value is -1.59. The summed E-state index contributed by atoms with van der Waals surface area (Å²) >= 11 is 0. The van der Waals surface area contributed by atoms with E-state index in [1.165, 1.54) is 0 Å². The Morgan fingerprint density at radius 3 is 2.58 bits per heavy atom. The van der Waals surface area contributed by atoms with Crippen LogP contribution in [0.3, 0.4) is 0 Å². The van der Waals surface area contributed by atoms with E-state index in [2.05, 4.69) is 5.32 Å². The Bertz CT molecular complexity index is 562. The van der Waals surface area contributed by atoms with E-state index in [4.69, 9.17) is 5.73 Å². The molecule has 3 atom stereocenters. The summed E-state index contributed by atoms with van der Waals surface area (Å²) in [5.74, 6) is -0.185. The molecule has 2 rings (SSSR count). The smallest absolute Gasteiger partial charge is 0.249 e. The number of aryl methyl sites for hydroxylation is 1. The topological polar surface area (TPSA) is 75.4 Å². The average molecular weight is 354 g/mol. The fraction of sp³-hybridized carbons (Fsp3) is 0.556. The van der Waals surface area contributed by atoms with E-state index in [0.717, 1.165) is 24.1 Å². The summed E-state index contributed by atoms with van der Waals surface area (Å²) in [6, 6.07) is 6.83. The second-order valence-electron chi connectivity index (χ2n) is 6.44. The maximum absolute atomic E-state index is 12.7. The summed E-state index contributed by atoms with van der Waals surface area (Å²) in [4.78, 5) is 26.7. The van der Waals surface area contributed by atoms with Gasteiger partial charge in [-0.15, -0.1) is 12.4 Å². The second kappa shape index (κ2) is 9.04. The Kier molecular flexibility index (Phi) is 7.70. The number of hydrogen-bond donors (Lipinski definition) is 2. The minimum Gasteiger partial charge on any atom is -0.343 e. The monoisotopic (exact) mass is 353 g/mol. The van der Waals surface area contributed by atoms with Gasteiger partial charge in [-0.3, -0.25) is 9.59 Å². The Balaban J connectivity index is 0.00000288. The van der Waals surface area contributed by atoms with Gasteiger partial charge in [0.25, 0.3) is 0 Å². The molecule has 1 heterocycles. The van der Waals surface area contributed by atoms with Crippen molar-refractivity contribution in [3.63, 3.8) is 0 Å². The summed E-state index contributed by atoms with van der Waals surface area (Å²) in [6.45, 7) is 6.65. The number of anilines is 1. The molecule has 1 aromatic rings. The third-order valence-corrected chi connectivity index (χ3v) is 4.66. The quantitative estimate of drug-likeness (QED) is 0.853. The highest BCUT2D eigenvalue weighted by Crippen LogP contribution is 2.21. The lowest BCUT2D eigenvalue weighted by molar-refractivity contribution is -0.129. The first-order valence-corrected chi connectivity index (χ1v) is 8.38. The first kappa shape index (κ1) is 20.5. The number of piperidine rings is 1. The van der Waals surface area contributed by atoms with Crippen molar-refractivity contribution in [1.82, 2.24) is 5.32 Å². The summed E-state index contributed by atoms with van der Waals surface area (Å²) in [5, 5.41) is 2.84. The van der Waals surface area contributed by atoms with Gasteiger partial charge in [-0.05, 0) is 37.8 Å². The van der Waals surface area contributed by atoms with Crippen LogP contribution >= 0.6 is 12.4 Å². The molecule has 0 radical (unpaired) electrons. The largest absolute Gasteiger partial charge is 0.343 e. The maximum atomic E-state index is 12.7. The van der Waals surface area contributed by atoms with Crippen molar-refractivity contribution in [1.29, 1.82) is 0 Å². The molecule has 0 aromatic heterocycles. The minimum atomic E-state index is -0.567. The highest BCUT2D eigenvalue weighted by molar-refractivity contribution is 6.00. The van der Waals surface area contributed by atoms with E-state index in [1.807, 2.05) is 45.0 Å². The van der Waals surface area contributed by atoms with E-state index in [0.29, 0.717) is 13.0 Å². The molecule has 1 saturated heterocycles. The fourth-order valence-corrected chi connectivity index (χ4v) is 2.77. The normalized spacial score (nSPS) is 20.1. The summed E-state index contributed by atoms with van der Waals surface area (Å²) in [5.41, 5.74) is 7.99. The molecule has 0 bridgehead atoms. The number of halogens is 1.